The molecule has 2 aromatic heterocycles. The van der Waals surface area contributed by atoms with Crippen LogP contribution in [0.3, 0.4) is 0 Å². The van der Waals surface area contributed by atoms with Crippen molar-refractivity contribution in [1.82, 2.24) is 14.5 Å². The summed E-state index contributed by atoms with van der Waals surface area (Å²) in [6.45, 7) is -0.223. The molecule has 0 radical (unpaired) electrons. The highest BCUT2D eigenvalue weighted by Crippen LogP contribution is 2.37. The first kappa shape index (κ1) is 17.7. The van der Waals surface area contributed by atoms with E-state index in [2.05, 4.69) is 21.4 Å². The average molecular weight is 406 g/mol. The van der Waals surface area contributed by atoms with E-state index in [1.807, 2.05) is 18.2 Å². The Morgan fingerprint density at radius 1 is 1.21 bits per heavy atom. The number of benzene rings is 2. The van der Waals surface area contributed by atoms with Gasteiger partial charge in [-0.3, -0.25) is 14.2 Å². The number of fused-ring (bicyclic) bond motifs is 4. The molecule has 1 aliphatic carbocycles. The molecule has 0 aliphatic heterocycles. The lowest BCUT2D eigenvalue weighted by Crippen LogP contribution is -2.27. The van der Waals surface area contributed by atoms with E-state index < -0.39 is 11.4 Å². The van der Waals surface area contributed by atoms with Gasteiger partial charge in [0, 0.05) is 10.4 Å². The van der Waals surface area contributed by atoms with Crippen molar-refractivity contribution in [3.63, 3.8) is 0 Å². The van der Waals surface area contributed by atoms with Gasteiger partial charge in [-0.25, -0.2) is 14.4 Å². The summed E-state index contributed by atoms with van der Waals surface area (Å²) < 4.78 is 14.6. The van der Waals surface area contributed by atoms with E-state index in [9.17, 15) is 14.0 Å². The number of nitrogens with one attached hydrogen (secondary N) is 1. The normalized spacial score (nSPS) is 12.4. The van der Waals surface area contributed by atoms with E-state index >= 15 is 0 Å². The molecule has 144 valence electrons. The first-order chi connectivity index (χ1) is 14.1. The Morgan fingerprint density at radius 2 is 2.07 bits per heavy atom. The van der Waals surface area contributed by atoms with Crippen molar-refractivity contribution in [1.29, 1.82) is 0 Å². The van der Waals surface area contributed by atoms with Crippen molar-refractivity contribution >= 4 is 33.3 Å². The first-order valence-electron chi connectivity index (χ1n) is 9.11. The number of carbonyl (C=O) groups is 1. The lowest BCUT2D eigenvalue weighted by Gasteiger charge is -2.13. The number of hydrogen-bond donors (Lipinski definition) is 1. The smallest absolute Gasteiger partial charge is 0.261 e. The molecule has 5 rings (SSSR count). The largest absolute Gasteiger partial charge is 0.300 e. The lowest BCUT2D eigenvalue weighted by molar-refractivity contribution is -0.116. The van der Waals surface area contributed by atoms with E-state index in [0.29, 0.717) is 10.6 Å². The summed E-state index contributed by atoms with van der Waals surface area (Å²) in [6, 6.07) is 11.9. The molecule has 4 aromatic rings. The molecule has 2 heterocycles. The van der Waals surface area contributed by atoms with Gasteiger partial charge in [0.1, 0.15) is 12.4 Å². The Labute approximate surface area is 168 Å². The minimum absolute atomic E-state index is 0.140. The predicted octanol–water partition coefficient (Wildman–Crippen LogP) is 3.40. The standard InChI is InChI=1S/C21H15FN4O2S/c22-13-6-7-16-15(9-13)20(28)26(11-23-16)10-18(27)24-21-25-19-14-4-2-1-3-12(14)5-8-17(19)29-21/h1-4,6-7,9,11H,5,8,10H2,(H,24,25,27). The molecule has 1 N–H and O–H groups in total. The second kappa shape index (κ2) is 6.89. The van der Waals surface area contributed by atoms with Crippen molar-refractivity contribution in [2.45, 2.75) is 19.4 Å². The maximum absolute atomic E-state index is 13.5. The number of rotatable bonds is 3. The summed E-state index contributed by atoms with van der Waals surface area (Å²) in [4.78, 5) is 34.9. The number of anilines is 1. The topological polar surface area (TPSA) is 76.9 Å². The van der Waals surface area contributed by atoms with Gasteiger partial charge >= 0.3 is 0 Å². The summed E-state index contributed by atoms with van der Waals surface area (Å²) in [5, 5.41) is 3.42. The highest BCUT2D eigenvalue weighted by Gasteiger charge is 2.21. The zero-order valence-corrected chi connectivity index (χ0v) is 16.0. The van der Waals surface area contributed by atoms with E-state index in [1.165, 1.54) is 39.9 Å². The number of carbonyl (C=O) groups excluding carboxylic acids is 1. The lowest BCUT2D eigenvalue weighted by atomic mass is 9.94. The maximum Gasteiger partial charge on any atom is 0.261 e. The zero-order valence-electron chi connectivity index (χ0n) is 15.2. The third-order valence-corrected chi connectivity index (χ3v) is 5.97. The molecule has 0 bridgehead atoms. The highest BCUT2D eigenvalue weighted by molar-refractivity contribution is 7.16. The van der Waals surface area contributed by atoms with Crippen LogP contribution < -0.4 is 10.9 Å². The molecule has 2 aromatic carbocycles. The molecular formula is C21H15FN4O2S. The molecule has 1 amide bonds. The summed E-state index contributed by atoms with van der Waals surface area (Å²) in [6.07, 6.45) is 3.14. The third-order valence-electron chi connectivity index (χ3n) is 4.94. The van der Waals surface area contributed by atoms with Crippen LogP contribution in [0.5, 0.6) is 0 Å². The Balaban J connectivity index is 1.39. The minimum Gasteiger partial charge on any atom is -0.300 e. The van der Waals surface area contributed by atoms with Gasteiger partial charge in [0.25, 0.3) is 5.56 Å². The van der Waals surface area contributed by atoms with Gasteiger partial charge in [-0.15, -0.1) is 11.3 Å². The Morgan fingerprint density at radius 3 is 2.97 bits per heavy atom. The van der Waals surface area contributed by atoms with Gasteiger partial charge in [-0.05, 0) is 36.6 Å². The van der Waals surface area contributed by atoms with Gasteiger partial charge < -0.3 is 5.32 Å². The van der Waals surface area contributed by atoms with Crippen LogP contribution in [0.4, 0.5) is 9.52 Å². The fourth-order valence-corrected chi connectivity index (χ4v) is 4.55. The summed E-state index contributed by atoms with van der Waals surface area (Å²) in [5.74, 6) is -0.906. The summed E-state index contributed by atoms with van der Waals surface area (Å²) in [5.41, 5.74) is 3.19. The first-order valence-corrected chi connectivity index (χ1v) is 9.93. The molecule has 0 unspecified atom stereocenters. The van der Waals surface area contributed by atoms with Crippen LogP contribution in [0.2, 0.25) is 0 Å². The van der Waals surface area contributed by atoms with Gasteiger partial charge in [-0.2, -0.15) is 0 Å². The number of amides is 1. The van der Waals surface area contributed by atoms with Crippen molar-refractivity contribution in [3.05, 3.63) is 75.4 Å². The fourth-order valence-electron chi connectivity index (χ4n) is 3.56. The SMILES string of the molecule is O=C(Cn1cnc2ccc(F)cc2c1=O)Nc1nc2c(s1)CCc1ccccc1-2. The molecular weight excluding hydrogens is 391 g/mol. The van der Waals surface area contributed by atoms with E-state index in [1.54, 1.807) is 0 Å². The van der Waals surface area contributed by atoms with Crippen molar-refractivity contribution in [2.24, 2.45) is 0 Å². The summed E-state index contributed by atoms with van der Waals surface area (Å²) >= 11 is 1.45. The quantitative estimate of drug-likeness (QED) is 0.566. The van der Waals surface area contributed by atoms with E-state index in [0.717, 1.165) is 35.0 Å². The molecule has 1 aliphatic rings. The molecule has 6 nitrogen and oxygen atoms in total. The number of thiazole rings is 1. The Bertz CT molecular complexity index is 1330. The average Bonchev–Trinajstić information content (AvgIpc) is 3.13. The second-order valence-electron chi connectivity index (χ2n) is 6.84. The second-order valence-corrected chi connectivity index (χ2v) is 7.92. The van der Waals surface area contributed by atoms with Crippen molar-refractivity contribution in [2.75, 3.05) is 5.32 Å². The molecule has 0 fully saturated rings. The van der Waals surface area contributed by atoms with Gasteiger partial charge in [0.2, 0.25) is 5.91 Å². The molecule has 8 heteroatoms. The highest BCUT2D eigenvalue weighted by atomic mass is 32.1. The van der Waals surface area contributed by atoms with Gasteiger partial charge in [0.05, 0.1) is 22.9 Å². The molecule has 0 saturated carbocycles. The molecule has 29 heavy (non-hydrogen) atoms. The number of aryl methyl sites for hydroxylation is 2. The third kappa shape index (κ3) is 3.21. The number of hydrogen-bond acceptors (Lipinski definition) is 5. The maximum atomic E-state index is 13.5. The van der Waals surface area contributed by atoms with Crippen LogP contribution in [0.1, 0.15) is 10.4 Å². The Hall–Kier alpha value is -3.39. The summed E-state index contributed by atoms with van der Waals surface area (Å²) in [7, 11) is 0. The van der Waals surface area contributed by atoms with Crippen LogP contribution in [-0.2, 0) is 24.2 Å². The van der Waals surface area contributed by atoms with E-state index in [4.69, 9.17) is 0 Å². The van der Waals surface area contributed by atoms with Crippen LogP contribution >= 0.6 is 11.3 Å². The molecule has 0 saturated heterocycles. The van der Waals surface area contributed by atoms with Crippen molar-refractivity contribution < 1.29 is 9.18 Å². The van der Waals surface area contributed by atoms with Crippen molar-refractivity contribution in [3.8, 4) is 11.3 Å². The number of halogens is 1. The van der Waals surface area contributed by atoms with Crippen LogP contribution in [0, 0.1) is 5.82 Å². The molecule has 0 spiro atoms. The van der Waals surface area contributed by atoms with Gasteiger partial charge in [0.15, 0.2) is 5.13 Å². The predicted molar refractivity (Wildman–Crippen MR) is 110 cm³/mol. The van der Waals surface area contributed by atoms with Crippen LogP contribution in [0.15, 0.2) is 53.6 Å². The van der Waals surface area contributed by atoms with Crippen LogP contribution in [0.25, 0.3) is 22.2 Å². The van der Waals surface area contributed by atoms with Crippen LogP contribution in [-0.4, -0.2) is 20.4 Å². The number of nitrogens with zero attached hydrogens (tertiary/aromatic N) is 3. The molecule has 0 atom stereocenters. The Kier molecular flexibility index (Phi) is 4.21. The van der Waals surface area contributed by atoms with E-state index in [-0.39, 0.29) is 17.8 Å². The number of aromatic nitrogens is 3. The fraction of sp³-hybridized carbons (Fsp3) is 0.143. The van der Waals surface area contributed by atoms with Gasteiger partial charge in [-0.1, -0.05) is 24.3 Å². The minimum atomic E-state index is -0.521. The zero-order chi connectivity index (χ0) is 20.0. The monoisotopic (exact) mass is 406 g/mol.